The number of nitriles is 1. The second kappa shape index (κ2) is 8.55. The Balaban J connectivity index is 1.48. The summed E-state index contributed by atoms with van der Waals surface area (Å²) in [6, 6.07) is 11.2. The molecule has 0 saturated carbocycles. The van der Waals surface area contributed by atoms with Gasteiger partial charge in [-0.15, -0.1) is 0 Å². The van der Waals surface area contributed by atoms with E-state index in [0.29, 0.717) is 11.4 Å². The van der Waals surface area contributed by atoms with Crippen LogP contribution in [0.4, 0.5) is 20.2 Å². The Morgan fingerprint density at radius 2 is 2.00 bits per heavy atom. The van der Waals surface area contributed by atoms with Gasteiger partial charge in [0, 0.05) is 29.9 Å². The fraction of sp³-hybridized carbons (Fsp3) is 0.227. The number of pyridine rings is 2. The summed E-state index contributed by atoms with van der Waals surface area (Å²) in [6.07, 6.45) is 3.83. The average molecular weight is 436 g/mol. The summed E-state index contributed by atoms with van der Waals surface area (Å²) in [5.74, 6) is -4.44. The lowest BCUT2D eigenvalue weighted by molar-refractivity contribution is -0.131. The van der Waals surface area contributed by atoms with Gasteiger partial charge in [0.15, 0.2) is 0 Å². The molecule has 1 unspecified atom stereocenters. The molecule has 162 valence electrons. The lowest BCUT2D eigenvalue weighted by atomic mass is 10.1. The van der Waals surface area contributed by atoms with Crippen molar-refractivity contribution in [3.8, 4) is 6.07 Å². The van der Waals surface area contributed by atoms with E-state index in [4.69, 9.17) is 5.26 Å². The number of benzene rings is 1. The van der Waals surface area contributed by atoms with E-state index in [-0.39, 0.29) is 5.56 Å². The number of carbonyl (C=O) groups is 2. The monoisotopic (exact) mass is 436 g/mol. The number of aromatic nitrogens is 2. The molecule has 3 aromatic rings. The number of nitrogens with zero attached hydrogens (tertiary/aromatic N) is 4. The quantitative estimate of drug-likeness (QED) is 0.636. The lowest BCUT2D eigenvalue weighted by Gasteiger charge is -2.19. The van der Waals surface area contributed by atoms with Crippen LogP contribution >= 0.6 is 0 Å². The molecule has 2 N–H and O–H groups in total. The molecule has 1 saturated heterocycles. The van der Waals surface area contributed by atoms with Crippen molar-refractivity contribution in [2.75, 3.05) is 18.4 Å². The smallest absolute Gasteiger partial charge is 0.268 e. The van der Waals surface area contributed by atoms with Crippen molar-refractivity contribution in [3.05, 3.63) is 60.6 Å². The van der Waals surface area contributed by atoms with E-state index in [2.05, 4.69) is 20.6 Å². The summed E-state index contributed by atoms with van der Waals surface area (Å²) in [5.41, 5.74) is 2.10. The van der Waals surface area contributed by atoms with Gasteiger partial charge >= 0.3 is 0 Å². The zero-order valence-corrected chi connectivity index (χ0v) is 16.8. The molecule has 2 aromatic heterocycles. The number of hydrogen-bond donors (Lipinski definition) is 2. The van der Waals surface area contributed by atoms with E-state index < -0.39 is 43.3 Å². The topological polar surface area (TPSA) is 111 Å². The number of carbonyl (C=O) groups excluding carboxylic acids is 2. The molecule has 0 bridgehead atoms. The van der Waals surface area contributed by atoms with E-state index in [1.807, 2.05) is 24.3 Å². The standard InChI is InChI=1S/C22H18F2N6O2/c23-22(24)9-14(10-25)30(13-22)20(31)12-28-21(32)16-5-7-26-11-19(16)29-18-6-8-27-17-4-2-1-3-15(17)18/h1-8,11,14H,9,12-13H2,(H,27,29)(H,28,32). The first-order valence-corrected chi connectivity index (χ1v) is 9.78. The van der Waals surface area contributed by atoms with Crippen LogP contribution < -0.4 is 10.6 Å². The van der Waals surface area contributed by atoms with Crippen LogP contribution in [0.15, 0.2) is 55.0 Å². The minimum absolute atomic E-state index is 0.220. The minimum Gasteiger partial charge on any atom is -0.353 e. The fourth-order valence-corrected chi connectivity index (χ4v) is 3.59. The molecule has 1 aromatic carbocycles. The maximum absolute atomic E-state index is 13.6. The van der Waals surface area contributed by atoms with Crippen LogP contribution in [0.2, 0.25) is 0 Å². The van der Waals surface area contributed by atoms with Crippen molar-refractivity contribution < 1.29 is 18.4 Å². The highest BCUT2D eigenvalue weighted by Crippen LogP contribution is 2.31. The van der Waals surface area contributed by atoms with Gasteiger partial charge < -0.3 is 15.5 Å². The van der Waals surface area contributed by atoms with Gasteiger partial charge in [-0.1, -0.05) is 18.2 Å². The number of amides is 2. The number of alkyl halides is 2. The van der Waals surface area contributed by atoms with Crippen molar-refractivity contribution in [1.82, 2.24) is 20.2 Å². The van der Waals surface area contributed by atoms with E-state index in [1.165, 1.54) is 18.5 Å². The molecule has 1 aliphatic heterocycles. The third-order valence-corrected chi connectivity index (χ3v) is 5.12. The van der Waals surface area contributed by atoms with Gasteiger partial charge in [0.25, 0.3) is 11.8 Å². The average Bonchev–Trinajstić information content (AvgIpc) is 3.12. The first kappa shape index (κ1) is 21.1. The second-order valence-corrected chi connectivity index (χ2v) is 7.33. The number of nitrogens with one attached hydrogen (secondary N) is 2. The molecular formula is C22H18F2N6O2. The maximum Gasteiger partial charge on any atom is 0.268 e. The number of hydrogen-bond acceptors (Lipinski definition) is 6. The predicted octanol–water partition coefficient (Wildman–Crippen LogP) is 2.86. The van der Waals surface area contributed by atoms with E-state index in [1.54, 1.807) is 18.3 Å². The van der Waals surface area contributed by atoms with Gasteiger partial charge in [0.05, 0.1) is 42.1 Å². The summed E-state index contributed by atoms with van der Waals surface area (Å²) in [6.45, 7) is -1.34. The van der Waals surface area contributed by atoms with Crippen LogP contribution in [-0.4, -0.2) is 51.7 Å². The molecule has 1 fully saturated rings. The summed E-state index contributed by atoms with van der Waals surface area (Å²) in [4.78, 5) is 34.2. The van der Waals surface area contributed by atoms with Gasteiger partial charge in [-0.05, 0) is 18.2 Å². The van der Waals surface area contributed by atoms with Crippen molar-refractivity contribution >= 4 is 34.1 Å². The Morgan fingerprint density at radius 1 is 1.19 bits per heavy atom. The SMILES string of the molecule is N#CC1CC(F)(F)CN1C(=O)CNC(=O)c1ccncc1Nc1ccnc2ccccc12. The Hall–Kier alpha value is -4.13. The number of fused-ring (bicyclic) bond motifs is 1. The van der Waals surface area contributed by atoms with Crippen LogP contribution in [0.3, 0.4) is 0 Å². The highest BCUT2D eigenvalue weighted by molar-refractivity contribution is 6.03. The molecule has 4 rings (SSSR count). The molecule has 3 heterocycles. The Morgan fingerprint density at radius 3 is 2.81 bits per heavy atom. The largest absolute Gasteiger partial charge is 0.353 e. The van der Waals surface area contributed by atoms with Crippen LogP contribution in [-0.2, 0) is 4.79 Å². The predicted molar refractivity (Wildman–Crippen MR) is 112 cm³/mol. The van der Waals surface area contributed by atoms with Crippen LogP contribution in [0.1, 0.15) is 16.8 Å². The number of likely N-dealkylation sites (tertiary alicyclic amines) is 1. The lowest BCUT2D eigenvalue weighted by Crippen LogP contribution is -2.43. The number of anilines is 2. The number of rotatable bonds is 5. The third kappa shape index (κ3) is 4.32. The van der Waals surface area contributed by atoms with Gasteiger partial charge in [-0.3, -0.25) is 19.6 Å². The van der Waals surface area contributed by atoms with E-state index in [9.17, 15) is 18.4 Å². The first-order valence-electron chi connectivity index (χ1n) is 9.78. The fourth-order valence-electron chi connectivity index (χ4n) is 3.59. The van der Waals surface area contributed by atoms with Crippen LogP contribution in [0.5, 0.6) is 0 Å². The van der Waals surface area contributed by atoms with Crippen LogP contribution in [0.25, 0.3) is 10.9 Å². The highest BCUT2D eigenvalue weighted by Gasteiger charge is 2.47. The zero-order chi connectivity index (χ0) is 22.7. The molecule has 1 atom stereocenters. The molecule has 1 aliphatic rings. The Bertz CT molecular complexity index is 1220. The molecule has 10 heteroatoms. The maximum atomic E-state index is 13.6. The first-order chi connectivity index (χ1) is 15.4. The van der Waals surface area contributed by atoms with Crippen molar-refractivity contribution in [3.63, 3.8) is 0 Å². The Labute approximate surface area is 181 Å². The molecule has 0 radical (unpaired) electrons. The summed E-state index contributed by atoms with van der Waals surface area (Å²) in [7, 11) is 0. The summed E-state index contributed by atoms with van der Waals surface area (Å²) in [5, 5.41) is 15.5. The molecule has 32 heavy (non-hydrogen) atoms. The summed E-state index contributed by atoms with van der Waals surface area (Å²) >= 11 is 0. The minimum atomic E-state index is -3.12. The normalized spacial score (nSPS) is 17.0. The van der Waals surface area contributed by atoms with Gasteiger partial charge in [-0.25, -0.2) is 8.78 Å². The molecular weight excluding hydrogens is 418 g/mol. The highest BCUT2D eigenvalue weighted by atomic mass is 19.3. The molecule has 0 spiro atoms. The molecule has 2 amide bonds. The second-order valence-electron chi connectivity index (χ2n) is 7.33. The number of halogens is 2. The van der Waals surface area contributed by atoms with Crippen molar-refractivity contribution in [1.29, 1.82) is 5.26 Å². The third-order valence-electron chi connectivity index (χ3n) is 5.12. The van der Waals surface area contributed by atoms with Crippen molar-refractivity contribution in [2.24, 2.45) is 0 Å². The van der Waals surface area contributed by atoms with Gasteiger partial charge in [-0.2, -0.15) is 5.26 Å². The molecule has 8 nitrogen and oxygen atoms in total. The zero-order valence-electron chi connectivity index (χ0n) is 16.8. The van der Waals surface area contributed by atoms with Gasteiger partial charge in [0.2, 0.25) is 5.91 Å². The summed E-state index contributed by atoms with van der Waals surface area (Å²) < 4.78 is 27.1. The van der Waals surface area contributed by atoms with E-state index in [0.717, 1.165) is 15.8 Å². The van der Waals surface area contributed by atoms with Crippen molar-refractivity contribution in [2.45, 2.75) is 18.4 Å². The van der Waals surface area contributed by atoms with E-state index >= 15 is 0 Å². The van der Waals surface area contributed by atoms with Gasteiger partial charge in [0.1, 0.15) is 6.04 Å². The Kier molecular flexibility index (Phi) is 5.64. The van der Waals surface area contributed by atoms with Crippen LogP contribution in [0, 0.1) is 11.3 Å². The number of para-hydroxylation sites is 1. The molecule has 0 aliphatic carbocycles.